The second kappa shape index (κ2) is 7.91. The third-order valence-corrected chi connectivity index (χ3v) is 7.96. The van der Waals surface area contributed by atoms with Crippen molar-refractivity contribution in [3.8, 4) is 0 Å². The zero-order chi connectivity index (χ0) is 20.7. The summed E-state index contributed by atoms with van der Waals surface area (Å²) in [5.41, 5.74) is 2.02. The molecule has 4 rings (SSSR count). The lowest BCUT2D eigenvalue weighted by Crippen LogP contribution is -2.17. The molecule has 4 aromatic rings. The fourth-order valence-corrected chi connectivity index (χ4v) is 5.88. The van der Waals surface area contributed by atoms with Crippen LogP contribution in [-0.4, -0.2) is 20.4 Å². The van der Waals surface area contributed by atoms with E-state index in [2.05, 4.69) is 15.3 Å². The molecule has 0 saturated carbocycles. The molecule has 0 radical (unpaired) electrons. The number of rotatable bonds is 4. The number of thiazole rings is 1. The third-order valence-electron chi connectivity index (χ3n) is 4.20. The Bertz CT molecular complexity index is 1310. The molecule has 3 aromatic heterocycles. The molecular weight excluding hydrogens is 448 g/mol. The van der Waals surface area contributed by atoms with E-state index in [0.717, 1.165) is 14.9 Å². The summed E-state index contributed by atoms with van der Waals surface area (Å²) in [6, 6.07) is 5.36. The highest BCUT2D eigenvalue weighted by molar-refractivity contribution is 8.01. The Labute approximate surface area is 183 Å². The van der Waals surface area contributed by atoms with Gasteiger partial charge in [0.05, 0.1) is 21.6 Å². The molecule has 3 heterocycles. The normalized spacial score (nSPS) is 11.2. The van der Waals surface area contributed by atoms with Crippen LogP contribution in [0.4, 0.5) is 5.69 Å². The summed E-state index contributed by atoms with van der Waals surface area (Å²) in [5.74, 6) is -0.292. The predicted molar refractivity (Wildman–Crippen MR) is 120 cm³/mol. The number of hydrogen-bond acceptors (Lipinski definition) is 7. The van der Waals surface area contributed by atoms with E-state index >= 15 is 0 Å². The van der Waals surface area contributed by atoms with Gasteiger partial charge in [0.25, 0.3) is 11.5 Å². The maximum Gasteiger partial charge on any atom is 0.266 e. The molecule has 0 saturated heterocycles. The van der Waals surface area contributed by atoms with Crippen LogP contribution in [0.1, 0.15) is 20.9 Å². The van der Waals surface area contributed by atoms with Crippen molar-refractivity contribution in [2.75, 3.05) is 5.32 Å². The zero-order valence-corrected chi connectivity index (χ0v) is 18.9. The molecule has 0 bridgehead atoms. The molecule has 0 fully saturated rings. The minimum absolute atomic E-state index is 0.162. The fourth-order valence-electron chi connectivity index (χ4n) is 2.75. The van der Waals surface area contributed by atoms with Crippen molar-refractivity contribution in [2.24, 2.45) is 7.05 Å². The van der Waals surface area contributed by atoms with Gasteiger partial charge in [-0.3, -0.25) is 9.59 Å². The average Bonchev–Trinajstić information content (AvgIpc) is 3.24. The summed E-state index contributed by atoms with van der Waals surface area (Å²) in [4.78, 5) is 35.7. The van der Waals surface area contributed by atoms with Gasteiger partial charge in [0.1, 0.15) is 4.83 Å². The van der Waals surface area contributed by atoms with Gasteiger partial charge in [-0.25, -0.2) is 9.97 Å². The smallest absolute Gasteiger partial charge is 0.266 e. The first kappa shape index (κ1) is 20.1. The van der Waals surface area contributed by atoms with Crippen LogP contribution in [0.3, 0.4) is 0 Å². The van der Waals surface area contributed by atoms with Gasteiger partial charge in [0.2, 0.25) is 0 Å². The second-order valence-electron chi connectivity index (χ2n) is 6.35. The highest BCUT2D eigenvalue weighted by Crippen LogP contribution is 2.36. The number of carbonyl (C=O) groups excluding carboxylic acids is 1. The highest BCUT2D eigenvalue weighted by atomic mass is 35.5. The van der Waals surface area contributed by atoms with Crippen molar-refractivity contribution < 1.29 is 4.79 Å². The van der Waals surface area contributed by atoms with Crippen LogP contribution in [-0.2, 0) is 7.05 Å². The molecule has 0 unspecified atom stereocenters. The Morgan fingerprint density at radius 2 is 2.10 bits per heavy atom. The lowest BCUT2D eigenvalue weighted by Gasteiger charge is -2.07. The summed E-state index contributed by atoms with van der Waals surface area (Å²) in [5, 5.41) is 5.86. The van der Waals surface area contributed by atoms with Gasteiger partial charge in [-0.2, -0.15) is 0 Å². The van der Waals surface area contributed by atoms with Crippen molar-refractivity contribution in [1.82, 2.24) is 14.5 Å². The summed E-state index contributed by atoms with van der Waals surface area (Å²) in [7, 11) is 1.64. The number of aromatic nitrogens is 3. The first-order valence-corrected chi connectivity index (χ1v) is 11.4. The van der Waals surface area contributed by atoms with E-state index in [9.17, 15) is 9.59 Å². The summed E-state index contributed by atoms with van der Waals surface area (Å²) >= 11 is 10.7. The Hall–Kier alpha value is -2.20. The molecule has 1 N–H and O–H groups in total. The van der Waals surface area contributed by atoms with Crippen molar-refractivity contribution in [3.05, 3.63) is 61.4 Å². The van der Waals surface area contributed by atoms with Gasteiger partial charge in [-0.15, -0.1) is 22.7 Å². The second-order valence-corrected chi connectivity index (χ2v) is 9.91. The van der Waals surface area contributed by atoms with Crippen LogP contribution in [0, 0.1) is 13.8 Å². The third kappa shape index (κ3) is 3.95. The number of amides is 1. The molecule has 0 aliphatic rings. The number of anilines is 1. The topological polar surface area (TPSA) is 76.9 Å². The Morgan fingerprint density at radius 1 is 1.31 bits per heavy atom. The van der Waals surface area contributed by atoms with Crippen LogP contribution in [0.2, 0.25) is 5.02 Å². The molecule has 6 nitrogen and oxygen atoms in total. The van der Waals surface area contributed by atoms with Crippen LogP contribution in [0.15, 0.2) is 43.9 Å². The largest absolute Gasteiger partial charge is 0.321 e. The van der Waals surface area contributed by atoms with Crippen molar-refractivity contribution in [2.45, 2.75) is 23.1 Å². The molecule has 148 valence electrons. The van der Waals surface area contributed by atoms with E-state index in [0.29, 0.717) is 31.4 Å². The number of aryl methyl sites for hydroxylation is 3. The van der Waals surface area contributed by atoms with Gasteiger partial charge in [-0.1, -0.05) is 23.4 Å². The number of nitrogens with zero attached hydrogens (tertiary/aromatic N) is 3. The Kier molecular flexibility index (Phi) is 5.48. The number of halogens is 1. The first-order valence-electron chi connectivity index (χ1n) is 8.49. The molecule has 29 heavy (non-hydrogen) atoms. The van der Waals surface area contributed by atoms with Crippen LogP contribution >= 0.6 is 46.0 Å². The summed E-state index contributed by atoms with van der Waals surface area (Å²) < 4.78 is 2.32. The molecule has 10 heteroatoms. The summed E-state index contributed by atoms with van der Waals surface area (Å²) in [6.45, 7) is 3.71. The van der Waals surface area contributed by atoms with Crippen LogP contribution < -0.4 is 10.9 Å². The summed E-state index contributed by atoms with van der Waals surface area (Å²) in [6.07, 6.45) is 1.46. The van der Waals surface area contributed by atoms with Crippen molar-refractivity contribution >= 4 is 67.8 Å². The number of benzene rings is 1. The maximum atomic E-state index is 12.8. The molecule has 0 atom stereocenters. The molecule has 0 aliphatic heterocycles. The number of nitrogens with one attached hydrogen (secondary N) is 1. The van der Waals surface area contributed by atoms with Gasteiger partial charge in [0.15, 0.2) is 4.34 Å². The van der Waals surface area contributed by atoms with E-state index in [1.807, 2.05) is 18.4 Å². The van der Waals surface area contributed by atoms with Gasteiger partial charge < -0.3 is 9.88 Å². The monoisotopic (exact) mass is 462 g/mol. The van der Waals surface area contributed by atoms with Gasteiger partial charge >= 0.3 is 0 Å². The molecule has 1 amide bonds. The lowest BCUT2D eigenvalue weighted by atomic mass is 10.2. The van der Waals surface area contributed by atoms with Gasteiger partial charge in [0, 0.05) is 28.7 Å². The SMILES string of the molecule is Cc1csc(Sc2ccc(NC(=O)c3sc4ncn(C)c(=O)c4c3C)cc2Cl)n1. The minimum Gasteiger partial charge on any atom is -0.321 e. The minimum atomic E-state index is -0.292. The quantitative estimate of drug-likeness (QED) is 0.455. The number of fused-ring (bicyclic) bond motifs is 1. The number of hydrogen-bond donors (Lipinski definition) is 1. The average molecular weight is 463 g/mol. The van der Waals surface area contributed by atoms with E-state index in [-0.39, 0.29) is 11.5 Å². The number of thiophene rings is 1. The maximum absolute atomic E-state index is 12.8. The fraction of sp³-hybridized carbons (Fsp3) is 0.158. The Morgan fingerprint density at radius 3 is 2.79 bits per heavy atom. The lowest BCUT2D eigenvalue weighted by molar-refractivity contribution is 0.103. The van der Waals surface area contributed by atoms with Crippen molar-refractivity contribution in [1.29, 1.82) is 0 Å². The molecule has 0 spiro atoms. The van der Waals surface area contributed by atoms with Crippen LogP contribution in [0.25, 0.3) is 10.2 Å². The zero-order valence-electron chi connectivity index (χ0n) is 15.6. The van der Waals surface area contributed by atoms with E-state index < -0.39 is 0 Å². The highest BCUT2D eigenvalue weighted by Gasteiger charge is 2.19. The standard InChI is InChI=1S/C19H15ClN4O2S3/c1-9-7-27-19(22-9)28-13-5-4-11(6-12(13)20)23-16(25)15-10(2)14-17(29-15)21-8-24(3)18(14)26/h4-8H,1-3H3,(H,23,25). The van der Waals surface area contributed by atoms with Crippen LogP contribution in [0.5, 0.6) is 0 Å². The predicted octanol–water partition coefficient (Wildman–Crippen LogP) is 5.13. The Balaban J connectivity index is 1.58. The molecule has 1 aromatic carbocycles. The molecule has 0 aliphatic carbocycles. The van der Waals surface area contributed by atoms with Crippen molar-refractivity contribution in [3.63, 3.8) is 0 Å². The molecular formula is C19H15ClN4O2S3. The van der Waals surface area contributed by atoms with Gasteiger partial charge in [-0.05, 0) is 37.6 Å². The van der Waals surface area contributed by atoms with E-state index in [1.165, 1.54) is 34.0 Å². The number of carbonyl (C=O) groups is 1. The first-order chi connectivity index (χ1) is 13.8. The van der Waals surface area contributed by atoms with E-state index in [1.54, 1.807) is 37.4 Å². The van der Waals surface area contributed by atoms with E-state index in [4.69, 9.17) is 11.6 Å².